The molecule has 1 N–H and O–H groups in total. The van der Waals surface area contributed by atoms with Gasteiger partial charge in [-0.15, -0.1) is 10.2 Å². The van der Waals surface area contributed by atoms with E-state index in [0.717, 1.165) is 11.3 Å². The number of nitrogens with one attached hydrogen (secondary N) is 1. The summed E-state index contributed by atoms with van der Waals surface area (Å²) in [6.07, 6.45) is 0. The number of hydrogen-bond acceptors (Lipinski definition) is 6. The molecule has 0 unspecified atom stereocenters. The number of sulfonamides is 1. The summed E-state index contributed by atoms with van der Waals surface area (Å²) in [6.45, 7) is 1.68. The normalized spacial score (nSPS) is 11.3. The monoisotopic (exact) mass is 319 g/mol. The Labute approximate surface area is 119 Å². The lowest BCUT2D eigenvalue weighted by Gasteiger charge is -2.10. The Morgan fingerprint density at radius 1 is 1.37 bits per heavy atom. The maximum atomic E-state index is 12.1. The van der Waals surface area contributed by atoms with E-state index in [1.807, 2.05) is 0 Å². The van der Waals surface area contributed by atoms with Gasteiger partial charge in [-0.1, -0.05) is 22.9 Å². The van der Waals surface area contributed by atoms with E-state index in [4.69, 9.17) is 16.3 Å². The second-order valence-electron chi connectivity index (χ2n) is 3.54. The molecular weight excluding hydrogens is 310 g/mol. The smallest absolute Gasteiger partial charge is 0.291 e. The number of methoxy groups -OCH3 is 1. The van der Waals surface area contributed by atoms with E-state index in [9.17, 15) is 8.42 Å². The molecular formula is C10H10ClN3O3S2. The van der Waals surface area contributed by atoms with Crippen molar-refractivity contribution >= 4 is 38.6 Å². The summed E-state index contributed by atoms with van der Waals surface area (Å²) in [5, 5.41) is 8.25. The van der Waals surface area contributed by atoms with Gasteiger partial charge in [0.25, 0.3) is 14.4 Å². The van der Waals surface area contributed by atoms with Crippen LogP contribution in [0.25, 0.3) is 0 Å². The molecule has 1 aromatic heterocycles. The lowest BCUT2D eigenvalue weighted by atomic mass is 10.3. The highest BCUT2D eigenvalue weighted by Gasteiger charge is 2.21. The number of benzene rings is 1. The van der Waals surface area contributed by atoms with E-state index in [1.54, 1.807) is 19.1 Å². The third kappa shape index (κ3) is 3.14. The number of ether oxygens (including phenoxy) is 1. The zero-order valence-corrected chi connectivity index (χ0v) is 12.4. The van der Waals surface area contributed by atoms with Gasteiger partial charge in [-0.2, -0.15) is 8.42 Å². The Morgan fingerprint density at radius 3 is 2.68 bits per heavy atom. The quantitative estimate of drug-likeness (QED) is 0.935. The average Bonchev–Trinajstić information content (AvgIpc) is 2.76. The second-order valence-corrected chi connectivity index (χ2v) is 7.01. The Morgan fingerprint density at radius 2 is 2.11 bits per heavy atom. The molecule has 0 atom stereocenters. The number of aromatic nitrogens is 2. The van der Waals surface area contributed by atoms with Crippen LogP contribution in [0.1, 0.15) is 5.01 Å². The minimum atomic E-state index is -3.79. The van der Waals surface area contributed by atoms with Crippen LogP contribution in [-0.2, 0) is 10.0 Å². The molecule has 0 aliphatic heterocycles. The Balaban J connectivity index is 2.38. The largest absolute Gasteiger partial charge is 0.495 e. The van der Waals surface area contributed by atoms with Gasteiger partial charge in [0.2, 0.25) is 0 Å². The van der Waals surface area contributed by atoms with Gasteiger partial charge in [0.1, 0.15) is 10.8 Å². The first-order chi connectivity index (χ1) is 8.92. The minimum absolute atomic E-state index is 0.105. The van der Waals surface area contributed by atoms with Gasteiger partial charge in [-0.05, 0) is 25.1 Å². The van der Waals surface area contributed by atoms with Gasteiger partial charge in [-0.25, -0.2) is 0 Å². The average molecular weight is 320 g/mol. The molecule has 2 aromatic rings. The maximum absolute atomic E-state index is 12.1. The minimum Gasteiger partial charge on any atom is -0.495 e. The first-order valence-corrected chi connectivity index (χ1v) is 7.76. The van der Waals surface area contributed by atoms with Crippen LogP contribution in [0, 0.1) is 6.92 Å². The fourth-order valence-electron chi connectivity index (χ4n) is 1.34. The number of anilines is 1. The first kappa shape index (κ1) is 14.0. The van der Waals surface area contributed by atoms with Gasteiger partial charge in [0, 0.05) is 5.02 Å². The summed E-state index contributed by atoms with van der Waals surface area (Å²) in [4.78, 5) is 0. The van der Waals surface area contributed by atoms with Crippen molar-refractivity contribution in [1.29, 1.82) is 0 Å². The van der Waals surface area contributed by atoms with Gasteiger partial charge in [0.15, 0.2) is 0 Å². The molecule has 0 amide bonds. The van der Waals surface area contributed by atoms with E-state index in [-0.39, 0.29) is 10.0 Å². The highest BCUT2D eigenvalue weighted by atomic mass is 35.5. The molecule has 0 saturated carbocycles. The van der Waals surface area contributed by atoms with Gasteiger partial charge in [-0.3, -0.25) is 4.72 Å². The predicted octanol–water partition coefficient (Wildman–Crippen LogP) is 2.31. The summed E-state index contributed by atoms with van der Waals surface area (Å²) in [7, 11) is -2.34. The first-order valence-electron chi connectivity index (χ1n) is 5.09. The number of aryl methyl sites for hydroxylation is 1. The van der Waals surface area contributed by atoms with Crippen molar-refractivity contribution in [3.8, 4) is 5.75 Å². The molecule has 0 fully saturated rings. The van der Waals surface area contributed by atoms with E-state index in [1.165, 1.54) is 13.2 Å². The maximum Gasteiger partial charge on any atom is 0.291 e. The zero-order chi connectivity index (χ0) is 14.0. The standard InChI is InChI=1S/C10H10ClN3O3S2/c1-6-12-13-10(18-6)19(15,16)14-8-5-7(11)3-4-9(8)17-2/h3-5,14H,1-2H3. The number of rotatable bonds is 4. The van der Waals surface area contributed by atoms with Crippen LogP contribution < -0.4 is 9.46 Å². The topological polar surface area (TPSA) is 81.2 Å². The highest BCUT2D eigenvalue weighted by molar-refractivity contribution is 7.94. The third-order valence-corrected chi connectivity index (χ3v) is 4.95. The van der Waals surface area contributed by atoms with E-state index >= 15 is 0 Å². The fourth-order valence-corrected chi connectivity index (χ4v) is 3.53. The second kappa shape index (κ2) is 5.32. The Bertz CT molecular complexity index is 700. The molecule has 0 spiro atoms. The molecule has 1 heterocycles. The summed E-state index contributed by atoms with van der Waals surface area (Å²) in [6, 6.07) is 4.64. The van der Waals surface area contributed by atoms with Crippen molar-refractivity contribution in [1.82, 2.24) is 10.2 Å². The van der Waals surface area contributed by atoms with Crippen LogP contribution in [0.4, 0.5) is 5.69 Å². The van der Waals surface area contributed by atoms with Crippen molar-refractivity contribution in [3.05, 3.63) is 28.2 Å². The lowest BCUT2D eigenvalue weighted by Crippen LogP contribution is -2.13. The van der Waals surface area contributed by atoms with E-state index in [0.29, 0.717) is 15.8 Å². The Kier molecular flexibility index (Phi) is 3.93. The molecule has 0 aliphatic rings. The summed E-state index contributed by atoms with van der Waals surface area (Å²) >= 11 is 6.82. The summed E-state index contributed by atoms with van der Waals surface area (Å²) in [5.41, 5.74) is 0.253. The molecule has 0 radical (unpaired) electrons. The molecule has 1 aromatic carbocycles. The van der Waals surface area contributed by atoms with Crippen molar-refractivity contribution in [2.24, 2.45) is 0 Å². The van der Waals surface area contributed by atoms with Crippen LogP contribution in [0.2, 0.25) is 5.02 Å². The molecule has 0 aliphatic carbocycles. The summed E-state index contributed by atoms with van der Waals surface area (Å²) < 4.78 is 31.5. The molecule has 19 heavy (non-hydrogen) atoms. The molecule has 0 bridgehead atoms. The molecule has 9 heteroatoms. The number of halogens is 1. The fraction of sp³-hybridized carbons (Fsp3) is 0.200. The highest BCUT2D eigenvalue weighted by Crippen LogP contribution is 2.30. The van der Waals surface area contributed by atoms with E-state index in [2.05, 4.69) is 14.9 Å². The van der Waals surface area contributed by atoms with Gasteiger partial charge in [0.05, 0.1) is 12.8 Å². The van der Waals surface area contributed by atoms with Crippen LogP contribution in [0.15, 0.2) is 22.5 Å². The predicted molar refractivity (Wildman–Crippen MR) is 73.5 cm³/mol. The third-order valence-electron chi connectivity index (χ3n) is 2.14. The van der Waals surface area contributed by atoms with Crippen LogP contribution in [-0.4, -0.2) is 25.7 Å². The van der Waals surface area contributed by atoms with E-state index < -0.39 is 10.0 Å². The van der Waals surface area contributed by atoms with Crippen molar-refractivity contribution in [2.75, 3.05) is 11.8 Å². The Hall–Kier alpha value is -1.38. The van der Waals surface area contributed by atoms with Crippen LogP contribution in [0.3, 0.4) is 0 Å². The van der Waals surface area contributed by atoms with Crippen LogP contribution >= 0.6 is 22.9 Å². The van der Waals surface area contributed by atoms with Crippen molar-refractivity contribution in [2.45, 2.75) is 11.3 Å². The molecule has 2 rings (SSSR count). The SMILES string of the molecule is COc1ccc(Cl)cc1NS(=O)(=O)c1nnc(C)s1. The number of hydrogen-bond donors (Lipinski definition) is 1. The zero-order valence-electron chi connectivity index (χ0n) is 10.0. The number of nitrogens with zero attached hydrogens (tertiary/aromatic N) is 2. The van der Waals surface area contributed by atoms with Crippen molar-refractivity contribution < 1.29 is 13.2 Å². The molecule has 6 nitrogen and oxygen atoms in total. The molecule has 0 saturated heterocycles. The van der Waals surface area contributed by atoms with Gasteiger partial charge >= 0.3 is 0 Å². The van der Waals surface area contributed by atoms with Crippen molar-refractivity contribution in [3.63, 3.8) is 0 Å². The summed E-state index contributed by atoms with van der Waals surface area (Å²) in [5.74, 6) is 0.370. The van der Waals surface area contributed by atoms with Gasteiger partial charge < -0.3 is 4.74 Å². The van der Waals surface area contributed by atoms with Crippen LogP contribution in [0.5, 0.6) is 5.75 Å². The lowest BCUT2D eigenvalue weighted by molar-refractivity contribution is 0.417. The molecule has 102 valence electrons.